The zero-order valence-electron chi connectivity index (χ0n) is 11.5. The van der Waals surface area contributed by atoms with Crippen LogP contribution in [-0.4, -0.2) is 12.6 Å². The summed E-state index contributed by atoms with van der Waals surface area (Å²) >= 11 is 17.8. The second-order valence-corrected chi connectivity index (χ2v) is 7.36. The summed E-state index contributed by atoms with van der Waals surface area (Å²) in [4.78, 5) is 12.1. The van der Waals surface area contributed by atoms with Crippen LogP contribution in [0.15, 0.2) is 12.1 Å². The van der Waals surface area contributed by atoms with Gasteiger partial charge in [-0.1, -0.05) is 61.5 Å². The number of hydrogen-bond acceptors (Lipinski definition) is 2. The van der Waals surface area contributed by atoms with Crippen molar-refractivity contribution < 1.29 is 9.53 Å². The summed E-state index contributed by atoms with van der Waals surface area (Å²) in [6.07, 6.45) is 3.64. The molecule has 0 aromatic heterocycles. The van der Waals surface area contributed by atoms with Gasteiger partial charge in [-0.25, -0.2) is 4.79 Å². The molecule has 0 unspecified atom stereocenters. The molecule has 0 spiro atoms. The van der Waals surface area contributed by atoms with Gasteiger partial charge >= 0.3 is 5.97 Å². The SMILES string of the molecule is CC(C)(COC(=O)c1cc(Cl)cc(Cl)c1Cl)CC1CC1. The predicted octanol–water partition coefficient (Wildman–Crippen LogP) is 5.63. The van der Waals surface area contributed by atoms with Gasteiger partial charge in [-0.2, -0.15) is 0 Å². The molecule has 0 N–H and O–H groups in total. The highest BCUT2D eigenvalue weighted by Crippen LogP contribution is 2.40. The summed E-state index contributed by atoms with van der Waals surface area (Å²) in [5.41, 5.74) is 0.192. The second-order valence-electron chi connectivity index (χ2n) is 6.14. The highest BCUT2D eigenvalue weighted by Gasteiger charge is 2.31. The number of esters is 1. The number of ether oxygens (including phenoxy) is 1. The Balaban J connectivity index is 2.01. The standard InChI is InChI=1S/C15H17Cl3O2/c1-15(2,7-9-3-4-9)8-20-14(19)11-5-10(16)6-12(17)13(11)18/h5-6,9H,3-4,7-8H2,1-2H3. The van der Waals surface area contributed by atoms with Gasteiger partial charge in [-0.05, 0) is 29.9 Å². The Labute approximate surface area is 134 Å². The van der Waals surface area contributed by atoms with Crippen molar-refractivity contribution in [3.63, 3.8) is 0 Å². The molecule has 5 heteroatoms. The molecule has 20 heavy (non-hydrogen) atoms. The molecule has 1 fully saturated rings. The molecule has 1 aromatic rings. The largest absolute Gasteiger partial charge is 0.461 e. The lowest BCUT2D eigenvalue weighted by Gasteiger charge is -2.24. The van der Waals surface area contributed by atoms with E-state index in [9.17, 15) is 4.79 Å². The molecule has 1 aliphatic rings. The molecule has 0 radical (unpaired) electrons. The van der Waals surface area contributed by atoms with Crippen molar-refractivity contribution in [1.29, 1.82) is 0 Å². The normalized spacial score (nSPS) is 15.2. The zero-order valence-corrected chi connectivity index (χ0v) is 13.8. The van der Waals surface area contributed by atoms with Gasteiger partial charge in [0.25, 0.3) is 0 Å². The first-order chi connectivity index (χ1) is 9.28. The first kappa shape index (κ1) is 15.9. The monoisotopic (exact) mass is 334 g/mol. The van der Waals surface area contributed by atoms with Crippen LogP contribution in [0, 0.1) is 11.3 Å². The van der Waals surface area contributed by atoms with Gasteiger partial charge < -0.3 is 4.74 Å². The van der Waals surface area contributed by atoms with E-state index in [1.807, 2.05) is 0 Å². The number of rotatable bonds is 5. The van der Waals surface area contributed by atoms with E-state index < -0.39 is 5.97 Å². The van der Waals surface area contributed by atoms with Gasteiger partial charge in [-0.15, -0.1) is 0 Å². The lowest BCUT2D eigenvalue weighted by atomic mass is 9.88. The van der Waals surface area contributed by atoms with Crippen LogP contribution in [-0.2, 0) is 4.74 Å². The maximum absolute atomic E-state index is 12.1. The molecule has 0 aliphatic heterocycles. The lowest BCUT2D eigenvalue weighted by molar-refractivity contribution is 0.0318. The molecule has 2 rings (SSSR count). The average molecular weight is 336 g/mol. The third kappa shape index (κ3) is 4.28. The van der Waals surface area contributed by atoms with Crippen LogP contribution >= 0.6 is 34.8 Å². The third-order valence-electron chi connectivity index (χ3n) is 3.35. The van der Waals surface area contributed by atoms with E-state index in [2.05, 4.69) is 13.8 Å². The molecule has 0 saturated heterocycles. The van der Waals surface area contributed by atoms with Crippen molar-refractivity contribution >= 4 is 40.8 Å². The molecule has 0 amide bonds. The summed E-state index contributed by atoms with van der Waals surface area (Å²) in [6, 6.07) is 2.98. The molecular weight excluding hydrogens is 319 g/mol. The van der Waals surface area contributed by atoms with Crippen LogP contribution in [0.2, 0.25) is 15.1 Å². The summed E-state index contributed by atoms with van der Waals surface area (Å²) in [5, 5.41) is 0.799. The van der Waals surface area contributed by atoms with Gasteiger partial charge in [-0.3, -0.25) is 0 Å². The molecule has 1 aliphatic carbocycles. The van der Waals surface area contributed by atoms with Gasteiger partial charge in [0.1, 0.15) is 0 Å². The Kier molecular flexibility index (Phi) is 4.88. The maximum Gasteiger partial charge on any atom is 0.339 e. The Morgan fingerprint density at radius 1 is 1.30 bits per heavy atom. The molecule has 110 valence electrons. The van der Waals surface area contributed by atoms with Crippen LogP contribution in [0.3, 0.4) is 0 Å². The minimum atomic E-state index is -0.483. The predicted molar refractivity (Wildman–Crippen MR) is 82.9 cm³/mol. The van der Waals surface area contributed by atoms with Gasteiger partial charge in [0.15, 0.2) is 0 Å². The number of benzene rings is 1. The van der Waals surface area contributed by atoms with Crippen LogP contribution in [0.1, 0.15) is 43.5 Å². The lowest BCUT2D eigenvalue weighted by Crippen LogP contribution is -2.22. The maximum atomic E-state index is 12.1. The number of carbonyl (C=O) groups excluding carboxylic acids is 1. The number of halogens is 3. The molecule has 0 bridgehead atoms. The zero-order chi connectivity index (χ0) is 14.9. The van der Waals surface area contributed by atoms with Gasteiger partial charge in [0.2, 0.25) is 0 Å². The van der Waals surface area contributed by atoms with Crippen LogP contribution in [0.5, 0.6) is 0 Å². The molecule has 0 heterocycles. The van der Waals surface area contributed by atoms with E-state index in [0.717, 1.165) is 12.3 Å². The van der Waals surface area contributed by atoms with Crippen LogP contribution < -0.4 is 0 Å². The summed E-state index contributed by atoms with van der Waals surface area (Å²) in [5.74, 6) is 0.302. The van der Waals surface area contributed by atoms with Gasteiger partial charge in [0.05, 0.1) is 22.2 Å². The second kappa shape index (κ2) is 6.13. The van der Waals surface area contributed by atoms with Gasteiger partial charge in [0, 0.05) is 5.02 Å². The van der Waals surface area contributed by atoms with Crippen LogP contribution in [0.25, 0.3) is 0 Å². The minimum Gasteiger partial charge on any atom is -0.461 e. The fourth-order valence-corrected chi connectivity index (χ4v) is 2.89. The summed E-state index contributed by atoms with van der Waals surface area (Å²) in [6.45, 7) is 4.57. The average Bonchev–Trinajstić information content (AvgIpc) is 3.14. The minimum absolute atomic E-state index is 0.0222. The molecule has 2 nitrogen and oxygen atoms in total. The fourth-order valence-electron chi connectivity index (χ4n) is 2.21. The van der Waals surface area contributed by atoms with Crippen LogP contribution in [0.4, 0.5) is 0 Å². The molecule has 0 atom stereocenters. The van der Waals surface area contributed by atoms with E-state index in [0.29, 0.717) is 11.6 Å². The van der Waals surface area contributed by atoms with Crippen molar-refractivity contribution in [3.8, 4) is 0 Å². The Hall–Kier alpha value is -0.440. The fraction of sp³-hybridized carbons (Fsp3) is 0.533. The Morgan fingerprint density at radius 3 is 2.55 bits per heavy atom. The number of hydrogen-bond donors (Lipinski definition) is 0. The first-order valence-corrected chi connectivity index (χ1v) is 7.73. The van der Waals surface area contributed by atoms with Crippen molar-refractivity contribution in [3.05, 3.63) is 32.8 Å². The molecular formula is C15H17Cl3O2. The Bertz CT molecular complexity index is 522. The highest BCUT2D eigenvalue weighted by molar-refractivity contribution is 6.45. The third-order valence-corrected chi connectivity index (χ3v) is 4.37. The Morgan fingerprint density at radius 2 is 1.95 bits per heavy atom. The van der Waals surface area contributed by atoms with E-state index in [4.69, 9.17) is 39.5 Å². The van der Waals surface area contributed by atoms with E-state index in [-0.39, 0.29) is 21.0 Å². The summed E-state index contributed by atoms with van der Waals surface area (Å²) in [7, 11) is 0. The van der Waals surface area contributed by atoms with Crippen molar-refractivity contribution in [1.82, 2.24) is 0 Å². The number of carbonyl (C=O) groups is 1. The molecule has 1 aromatic carbocycles. The highest BCUT2D eigenvalue weighted by atomic mass is 35.5. The van der Waals surface area contributed by atoms with Crippen molar-refractivity contribution in [2.24, 2.45) is 11.3 Å². The van der Waals surface area contributed by atoms with Crippen molar-refractivity contribution in [2.75, 3.05) is 6.61 Å². The quantitative estimate of drug-likeness (QED) is 0.515. The summed E-state index contributed by atoms with van der Waals surface area (Å²) < 4.78 is 5.37. The van der Waals surface area contributed by atoms with E-state index in [1.54, 1.807) is 0 Å². The first-order valence-electron chi connectivity index (χ1n) is 6.60. The smallest absolute Gasteiger partial charge is 0.339 e. The van der Waals surface area contributed by atoms with E-state index >= 15 is 0 Å². The van der Waals surface area contributed by atoms with E-state index in [1.165, 1.54) is 25.0 Å². The molecule has 1 saturated carbocycles. The topological polar surface area (TPSA) is 26.3 Å². The van der Waals surface area contributed by atoms with Crippen molar-refractivity contribution in [2.45, 2.75) is 33.1 Å².